The second-order valence-corrected chi connectivity index (χ2v) is 6.57. The third kappa shape index (κ3) is 3.52. The highest BCUT2D eigenvalue weighted by Crippen LogP contribution is 2.21. The molecule has 5 nitrogen and oxygen atoms in total. The second-order valence-electron chi connectivity index (χ2n) is 5.71. The summed E-state index contributed by atoms with van der Waals surface area (Å²) in [5.41, 5.74) is 3.94. The maximum atomic E-state index is 12.9. The molecule has 25 heavy (non-hydrogen) atoms. The second kappa shape index (κ2) is 7.41. The number of anilines is 1. The molecule has 2 heterocycles. The van der Waals surface area contributed by atoms with Gasteiger partial charge in [-0.05, 0) is 61.0 Å². The predicted octanol–water partition coefficient (Wildman–Crippen LogP) is 4.42. The van der Waals surface area contributed by atoms with E-state index < -0.39 is 0 Å². The molecule has 0 aliphatic rings. The molecule has 0 fully saturated rings. The van der Waals surface area contributed by atoms with Crippen molar-refractivity contribution in [2.45, 2.75) is 31.6 Å². The van der Waals surface area contributed by atoms with Crippen LogP contribution in [-0.2, 0) is 6.42 Å². The minimum absolute atomic E-state index is 0.178. The maximum Gasteiger partial charge on any atom is 0.274 e. The number of benzene rings is 1. The summed E-state index contributed by atoms with van der Waals surface area (Å²) < 4.78 is 1.86. The van der Waals surface area contributed by atoms with Gasteiger partial charge in [0, 0.05) is 16.8 Å². The van der Waals surface area contributed by atoms with Crippen LogP contribution in [0, 0.1) is 17.6 Å². The van der Waals surface area contributed by atoms with Gasteiger partial charge in [-0.25, -0.2) is 4.98 Å². The zero-order valence-corrected chi connectivity index (χ0v) is 14.9. The summed E-state index contributed by atoms with van der Waals surface area (Å²) in [5.74, 6) is -0.178. The summed E-state index contributed by atoms with van der Waals surface area (Å²) in [5, 5.41) is 13.7. The number of nitriles is 1. The van der Waals surface area contributed by atoms with Gasteiger partial charge in [-0.3, -0.25) is 9.20 Å². The lowest BCUT2D eigenvalue weighted by atomic mass is 10.2. The molecule has 0 saturated heterocycles. The van der Waals surface area contributed by atoms with Crippen molar-refractivity contribution >= 4 is 29.0 Å². The molecular formula is C19H18N4OS. The van der Waals surface area contributed by atoms with Crippen LogP contribution in [0.5, 0.6) is 0 Å². The lowest BCUT2D eigenvalue weighted by Gasteiger charge is -2.07. The van der Waals surface area contributed by atoms with E-state index in [1.54, 1.807) is 12.1 Å². The molecule has 1 N–H and O–H groups in total. The number of pyridine rings is 1. The Kier molecular flexibility index (Phi) is 5.05. The number of rotatable bonds is 5. The van der Waals surface area contributed by atoms with Gasteiger partial charge in [0.25, 0.3) is 5.91 Å². The molecule has 3 rings (SSSR count). The van der Waals surface area contributed by atoms with E-state index in [2.05, 4.69) is 17.2 Å². The fraction of sp³-hybridized carbons (Fsp3) is 0.211. The summed E-state index contributed by atoms with van der Waals surface area (Å²) in [7, 11) is 0. The van der Waals surface area contributed by atoms with E-state index in [1.165, 1.54) is 0 Å². The standard InChI is InChI=1S/C19H18N4OS/c1-3-5-16-17(23-11-4-6-13(2)18(23)22-16)19(24)21-14-7-9-15(10-8-14)25-12-20/h4,6-11H,3,5H2,1-2H3,(H,21,24). The van der Waals surface area contributed by atoms with Crippen molar-refractivity contribution in [1.82, 2.24) is 9.38 Å². The van der Waals surface area contributed by atoms with E-state index in [-0.39, 0.29) is 5.91 Å². The molecule has 0 aliphatic carbocycles. The summed E-state index contributed by atoms with van der Waals surface area (Å²) >= 11 is 1.09. The third-order valence-corrected chi connectivity index (χ3v) is 4.49. The van der Waals surface area contributed by atoms with Crippen LogP contribution in [0.3, 0.4) is 0 Å². The van der Waals surface area contributed by atoms with Crippen molar-refractivity contribution in [3.63, 3.8) is 0 Å². The molecule has 2 aromatic heterocycles. The number of aromatic nitrogens is 2. The highest BCUT2D eigenvalue weighted by molar-refractivity contribution is 8.03. The summed E-state index contributed by atoms with van der Waals surface area (Å²) in [6.45, 7) is 4.06. The molecule has 126 valence electrons. The van der Waals surface area contributed by atoms with Crippen molar-refractivity contribution in [2.75, 3.05) is 5.32 Å². The average molecular weight is 350 g/mol. The van der Waals surface area contributed by atoms with E-state index in [4.69, 9.17) is 5.26 Å². The predicted molar refractivity (Wildman–Crippen MR) is 99.8 cm³/mol. The topological polar surface area (TPSA) is 70.2 Å². The van der Waals surface area contributed by atoms with Gasteiger partial charge in [-0.1, -0.05) is 19.4 Å². The fourth-order valence-corrected chi connectivity index (χ4v) is 3.13. The number of imidazole rings is 1. The van der Waals surface area contributed by atoms with Gasteiger partial charge in [0.1, 0.15) is 16.7 Å². The largest absolute Gasteiger partial charge is 0.321 e. The zero-order chi connectivity index (χ0) is 17.8. The Morgan fingerprint density at radius 2 is 2.08 bits per heavy atom. The minimum Gasteiger partial charge on any atom is -0.321 e. The average Bonchev–Trinajstić information content (AvgIpc) is 2.97. The van der Waals surface area contributed by atoms with Gasteiger partial charge < -0.3 is 5.32 Å². The number of hydrogen-bond donors (Lipinski definition) is 1. The van der Waals surface area contributed by atoms with Gasteiger partial charge in [0.2, 0.25) is 0 Å². The molecule has 0 unspecified atom stereocenters. The molecule has 6 heteroatoms. The van der Waals surface area contributed by atoms with Crippen LogP contribution in [0.1, 0.15) is 35.1 Å². The van der Waals surface area contributed by atoms with Crippen molar-refractivity contribution in [2.24, 2.45) is 0 Å². The molecule has 0 bridgehead atoms. The number of hydrogen-bond acceptors (Lipinski definition) is 4. The SMILES string of the molecule is CCCc1nc2c(C)cccn2c1C(=O)Nc1ccc(SC#N)cc1. The fourth-order valence-electron chi connectivity index (χ4n) is 2.75. The number of thiocyanates is 1. The number of thioether (sulfide) groups is 1. The number of carbonyl (C=O) groups is 1. The van der Waals surface area contributed by atoms with Crippen molar-refractivity contribution in [1.29, 1.82) is 5.26 Å². The van der Waals surface area contributed by atoms with Crippen LogP contribution >= 0.6 is 11.8 Å². The van der Waals surface area contributed by atoms with Crippen LogP contribution in [0.2, 0.25) is 0 Å². The van der Waals surface area contributed by atoms with Gasteiger partial charge in [0.15, 0.2) is 0 Å². The van der Waals surface area contributed by atoms with E-state index >= 15 is 0 Å². The van der Waals surface area contributed by atoms with Crippen molar-refractivity contribution in [3.8, 4) is 5.40 Å². The Hall–Kier alpha value is -2.78. The molecule has 0 radical (unpaired) electrons. The Morgan fingerprint density at radius 1 is 1.32 bits per heavy atom. The molecule has 0 spiro atoms. The lowest BCUT2D eigenvalue weighted by Crippen LogP contribution is -2.16. The summed E-state index contributed by atoms with van der Waals surface area (Å²) in [6, 6.07) is 11.1. The number of nitrogens with one attached hydrogen (secondary N) is 1. The Bertz CT molecular complexity index is 954. The molecule has 1 amide bonds. The quantitative estimate of drug-likeness (QED) is 0.546. The van der Waals surface area contributed by atoms with E-state index in [9.17, 15) is 4.79 Å². The first-order valence-corrected chi connectivity index (χ1v) is 8.89. The number of carbonyl (C=O) groups excluding carboxylic acids is 1. The molecule has 0 atom stereocenters. The normalized spacial score (nSPS) is 10.6. The van der Waals surface area contributed by atoms with E-state index in [1.807, 2.05) is 47.2 Å². The smallest absolute Gasteiger partial charge is 0.274 e. The Labute approximate surface area is 150 Å². The highest BCUT2D eigenvalue weighted by atomic mass is 32.2. The Balaban J connectivity index is 1.94. The number of amides is 1. The maximum absolute atomic E-state index is 12.9. The first-order chi connectivity index (χ1) is 12.1. The van der Waals surface area contributed by atoms with Crippen molar-refractivity contribution in [3.05, 3.63) is 59.5 Å². The van der Waals surface area contributed by atoms with Gasteiger partial charge >= 0.3 is 0 Å². The number of fused-ring (bicyclic) bond motifs is 1. The summed E-state index contributed by atoms with van der Waals surface area (Å²) in [4.78, 5) is 18.4. The minimum atomic E-state index is -0.178. The lowest BCUT2D eigenvalue weighted by molar-refractivity contribution is 0.102. The first-order valence-electron chi connectivity index (χ1n) is 8.08. The van der Waals surface area contributed by atoms with Crippen molar-refractivity contribution < 1.29 is 4.79 Å². The van der Waals surface area contributed by atoms with Crippen LogP contribution in [0.4, 0.5) is 5.69 Å². The van der Waals surface area contributed by atoms with Gasteiger partial charge in [-0.2, -0.15) is 5.26 Å². The molecule has 0 saturated carbocycles. The third-order valence-electron chi connectivity index (χ3n) is 3.89. The van der Waals surface area contributed by atoms with E-state index in [0.29, 0.717) is 11.4 Å². The summed E-state index contributed by atoms with van der Waals surface area (Å²) in [6.07, 6.45) is 3.54. The van der Waals surface area contributed by atoms with E-state index in [0.717, 1.165) is 46.4 Å². The van der Waals surface area contributed by atoms with Gasteiger partial charge in [0.05, 0.1) is 5.69 Å². The first kappa shape index (κ1) is 17.1. The van der Waals surface area contributed by atoms with Crippen LogP contribution in [0.15, 0.2) is 47.5 Å². The highest BCUT2D eigenvalue weighted by Gasteiger charge is 2.19. The Morgan fingerprint density at radius 3 is 2.76 bits per heavy atom. The molecular weight excluding hydrogens is 332 g/mol. The molecule has 3 aromatic rings. The van der Waals surface area contributed by atoms with Crippen LogP contribution in [-0.4, -0.2) is 15.3 Å². The monoisotopic (exact) mass is 350 g/mol. The zero-order valence-electron chi connectivity index (χ0n) is 14.1. The molecule has 1 aromatic carbocycles. The molecule has 0 aliphatic heterocycles. The van der Waals surface area contributed by atoms with Crippen LogP contribution in [0.25, 0.3) is 5.65 Å². The van der Waals surface area contributed by atoms with Gasteiger partial charge in [-0.15, -0.1) is 0 Å². The van der Waals surface area contributed by atoms with Crippen LogP contribution < -0.4 is 5.32 Å². The number of nitrogens with zero attached hydrogens (tertiary/aromatic N) is 3. The number of aryl methyl sites for hydroxylation is 2.